The molecule has 0 radical (unpaired) electrons. The summed E-state index contributed by atoms with van der Waals surface area (Å²) >= 11 is 0. The van der Waals surface area contributed by atoms with E-state index in [4.69, 9.17) is 15.2 Å². The van der Waals surface area contributed by atoms with E-state index in [1.165, 1.54) is 10.5 Å². The average molecular weight is 355 g/mol. The van der Waals surface area contributed by atoms with Crippen molar-refractivity contribution in [1.82, 2.24) is 4.90 Å². The minimum Gasteiger partial charge on any atom is -0.487 e. The minimum absolute atomic E-state index is 0.0945. The van der Waals surface area contributed by atoms with Gasteiger partial charge in [-0.3, -0.25) is 9.69 Å². The number of carbonyl (C=O) groups is 1. The van der Waals surface area contributed by atoms with E-state index in [9.17, 15) is 4.79 Å². The number of hydrogen-bond donors (Lipinski definition) is 1. The highest BCUT2D eigenvalue weighted by Crippen LogP contribution is 2.49. The molecule has 0 saturated carbocycles. The first-order valence-electron chi connectivity index (χ1n) is 9.07. The van der Waals surface area contributed by atoms with Crippen LogP contribution in [0.1, 0.15) is 44.2 Å². The van der Waals surface area contributed by atoms with Crippen LogP contribution in [0.3, 0.4) is 0 Å². The SMILES string of the molecule is CN1C(=O)C2(CC(C)(C)Oc3ccc(C4=CCCOCC4)cc32)N=C1N. The third kappa shape index (κ3) is 2.60. The van der Waals surface area contributed by atoms with Crippen molar-refractivity contribution in [3.05, 3.63) is 35.4 Å². The normalized spacial score (nSPS) is 27.5. The Morgan fingerprint density at radius 3 is 2.81 bits per heavy atom. The third-order valence-corrected chi connectivity index (χ3v) is 5.34. The maximum absolute atomic E-state index is 13.1. The Kier molecular flexibility index (Phi) is 3.84. The maximum Gasteiger partial charge on any atom is 0.261 e. The number of benzene rings is 1. The van der Waals surface area contributed by atoms with Crippen molar-refractivity contribution >= 4 is 17.4 Å². The number of guanidine groups is 1. The summed E-state index contributed by atoms with van der Waals surface area (Å²) in [4.78, 5) is 19.2. The van der Waals surface area contributed by atoms with E-state index in [0.29, 0.717) is 18.8 Å². The van der Waals surface area contributed by atoms with Crippen molar-refractivity contribution in [2.24, 2.45) is 10.7 Å². The first-order valence-corrected chi connectivity index (χ1v) is 9.07. The Bertz CT molecular complexity index is 828. The van der Waals surface area contributed by atoms with Gasteiger partial charge in [-0.25, -0.2) is 4.99 Å². The van der Waals surface area contributed by atoms with Crippen LogP contribution in [0.2, 0.25) is 0 Å². The van der Waals surface area contributed by atoms with Crippen molar-refractivity contribution < 1.29 is 14.3 Å². The molecule has 1 unspecified atom stereocenters. The number of fused-ring (bicyclic) bond motifs is 2. The quantitative estimate of drug-likeness (QED) is 0.839. The van der Waals surface area contributed by atoms with Gasteiger partial charge < -0.3 is 15.2 Å². The first-order chi connectivity index (χ1) is 12.3. The summed E-state index contributed by atoms with van der Waals surface area (Å²) in [5, 5.41) is 0. The standard InChI is InChI=1S/C20H25N3O3/c1-19(2)12-20(17(24)23(3)18(21)22-20)15-11-14(6-7-16(15)26-19)13-5-4-9-25-10-8-13/h5-7,11H,4,8-10,12H2,1-3H3,(H2,21,22). The molecular weight excluding hydrogens is 330 g/mol. The zero-order valence-electron chi connectivity index (χ0n) is 15.5. The number of nitrogens with two attached hydrogens (primary N) is 1. The van der Waals surface area contributed by atoms with Crippen LogP contribution in [0.15, 0.2) is 29.3 Å². The fraction of sp³-hybridized carbons (Fsp3) is 0.500. The van der Waals surface area contributed by atoms with Gasteiger partial charge in [-0.1, -0.05) is 12.1 Å². The van der Waals surface area contributed by atoms with Gasteiger partial charge >= 0.3 is 0 Å². The largest absolute Gasteiger partial charge is 0.487 e. The smallest absolute Gasteiger partial charge is 0.261 e. The van der Waals surface area contributed by atoms with Crippen molar-refractivity contribution in [1.29, 1.82) is 0 Å². The molecule has 1 atom stereocenters. The molecule has 6 nitrogen and oxygen atoms in total. The number of rotatable bonds is 1. The van der Waals surface area contributed by atoms with Crippen LogP contribution in [-0.4, -0.2) is 42.6 Å². The topological polar surface area (TPSA) is 77.2 Å². The summed E-state index contributed by atoms with van der Waals surface area (Å²) in [5.74, 6) is 0.866. The summed E-state index contributed by atoms with van der Waals surface area (Å²) in [7, 11) is 1.67. The number of amides is 1. The lowest BCUT2D eigenvalue weighted by molar-refractivity contribution is -0.133. The molecule has 1 aromatic rings. The molecule has 1 amide bonds. The first kappa shape index (κ1) is 17.1. The molecule has 26 heavy (non-hydrogen) atoms. The molecule has 0 fully saturated rings. The lowest BCUT2D eigenvalue weighted by atomic mass is 9.76. The van der Waals surface area contributed by atoms with Gasteiger partial charge in [0.1, 0.15) is 11.4 Å². The van der Waals surface area contributed by atoms with Gasteiger partial charge in [0, 0.05) is 19.0 Å². The van der Waals surface area contributed by atoms with E-state index in [2.05, 4.69) is 23.2 Å². The minimum atomic E-state index is -1.01. The van der Waals surface area contributed by atoms with Crippen molar-refractivity contribution in [3.63, 3.8) is 0 Å². The fourth-order valence-electron chi connectivity index (χ4n) is 4.14. The van der Waals surface area contributed by atoms with Gasteiger partial charge in [-0.2, -0.15) is 0 Å². The lowest BCUT2D eigenvalue weighted by Crippen LogP contribution is -2.49. The molecule has 3 heterocycles. The maximum atomic E-state index is 13.1. The Hall–Kier alpha value is -2.34. The van der Waals surface area contributed by atoms with E-state index in [-0.39, 0.29) is 11.9 Å². The second-order valence-corrected chi connectivity index (χ2v) is 7.82. The van der Waals surface area contributed by atoms with E-state index in [0.717, 1.165) is 30.6 Å². The van der Waals surface area contributed by atoms with Gasteiger partial charge in [-0.05, 0) is 50.0 Å². The molecule has 2 N–H and O–H groups in total. The molecule has 0 aliphatic carbocycles. The number of nitrogens with zero attached hydrogens (tertiary/aromatic N) is 2. The molecule has 4 rings (SSSR count). The van der Waals surface area contributed by atoms with E-state index in [1.54, 1.807) is 7.05 Å². The second kappa shape index (κ2) is 5.84. The van der Waals surface area contributed by atoms with Gasteiger partial charge in [-0.15, -0.1) is 0 Å². The predicted molar refractivity (Wildman–Crippen MR) is 99.9 cm³/mol. The monoisotopic (exact) mass is 355 g/mol. The summed E-state index contributed by atoms with van der Waals surface area (Å²) in [6, 6.07) is 6.06. The van der Waals surface area contributed by atoms with E-state index >= 15 is 0 Å². The van der Waals surface area contributed by atoms with Crippen LogP contribution in [0.5, 0.6) is 5.75 Å². The van der Waals surface area contributed by atoms with Crippen molar-refractivity contribution in [3.8, 4) is 5.75 Å². The number of likely N-dealkylation sites (N-methyl/N-ethyl adjacent to an activating group) is 1. The molecule has 0 aromatic heterocycles. The van der Waals surface area contributed by atoms with Gasteiger partial charge in [0.15, 0.2) is 11.5 Å². The Labute approximate surface area is 153 Å². The summed E-state index contributed by atoms with van der Waals surface area (Å²) in [6.45, 7) is 5.42. The van der Waals surface area contributed by atoms with Crippen LogP contribution < -0.4 is 10.5 Å². The second-order valence-electron chi connectivity index (χ2n) is 7.82. The highest BCUT2D eigenvalue weighted by Gasteiger charge is 2.55. The molecule has 0 bridgehead atoms. The summed E-state index contributed by atoms with van der Waals surface area (Å²) < 4.78 is 11.7. The average Bonchev–Trinajstić information content (AvgIpc) is 2.81. The molecule has 0 saturated heterocycles. The van der Waals surface area contributed by atoms with Crippen LogP contribution in [0.25, 0.3) is 5.57 Å². The molecule has 3 aliphatic heterocycles. The van der Waals surface area contributed by atoms with Crippen LogP contribution in [0.4, 0.5) is 0 Å². The van der Waals surface area contributed by atoms with Crippen molar-refractivity contribution in [2.75, 3.05) is 20.3 Å². The number of hydrogen-bond acceptors (Lipinski definition) is 5. The van der Waals surface area contributed by atoms with Crippen LogP contribution in [0, 0.1) is 0 Å². The highest BCUT2D eigenvalue weighted by molar-refractivity contribution is 6.07. The van der Waals surface area contributed by atoms with Crippen LogP contribution >= 0.6 is 0 Å². The van der Waals surface area contributed by atoms with E-state index in [1.807, 2.05) is 19.9 Å². The van der Waals surface area contributed by atoms with Gasteiger partial charge in [0.05, 0.1) is 13.2 Å². The molecule has 1 spiro atoms. The molecule has 138 valence electrons. The predicted octanol–water partition coefficient (Wildman–Crippen LogP) is 2.42. The zero-order valence-corrected chi connectivity index (χ0v) is 15.5. The summed E-state index contributed by atoms with van der Waals surface area (Å²) in [6.07, 6.45) is 4.43. The molecule has 3 aliphatic rings. The number of aliphatic imine (C=N–C) groups is 1. The van der Waals surface area contributed by atoms with Gasteiger partial charge in [0.25, 0.3) is 5.91 Å². The van der Waals surface area contributed by atoms with Crippen molar-refractivity contribution in [2.45, 2.75) is 44.2 Å². The fourth-order valence-corrected chi connectivity index (χ4v) is 4.14. The number of ether oxygens (including phenoxy) is 2. The molecular formula is C20H25N3O3. The lowest BCUT2D eigenvalue weighted by Gasteiger charge is -2.41. The molecule has 6 heteroatoms. The molecule has 1 aromatic carbocycles. The van der Waals surface area contributed by atoms with Crippen LogP contribution in [-0.2, 0) is 15.1 Å². The highest BCUT2D eigenvalue weighted by atomic mass is 16.5. The number of carbonyl (C=O) groups excluding carboxylic acids is 1. The Morgan fingerprint density at radius 2 is 2.08 bits per heavy atom. The van der Waals surface area contributed by atoms with E-state index < -0.39 is 11.1 Å². The third-order valence-electron chi connectivity index (χ3n) is 5.34. The van der Waals surface area contributed by atoms with Gasteiger partial charge in [0.2, 0.25) is 0 Å². The Morgan fingerprint density at radius 1 is 1.27 bits per heavy atom. The summed E-state index contributed by atoms with van der Waals surface area (Å²) in [5.41, 5.74) is 7.63. The Balaban J connectivity index is 1.86. The zero-order chi connectivity index (χ0) is 18.5.